The quantitative estimate of drug-likeness (QED) is 0.459. The van der Waals surface area contributed by atoms with Crippen molar-refractivity contribution in [3.8, 4) is 17.7 Å². The van der Waals surface area contributed by atoms with Gasteiger partial charge in [0.1, 0.15) is 22.9 Å². The highest BCUT2D eigenvalue weighted by Gasteiger charge is 2.21. The zero-order valence-electron chi connectivity index (χ0n) is 17.9. The number of nitrogens with zero attached hydrogens (tertiary/aromatic N) is 3. The molecule has 3 heterocycles. The van der Waals surface area contributed by atoms with Crippen molar-refractivity contribution < 1.29 is 18.7 Å². The normalized spacial score (nSPS) is 15.9. The summed E-state index contributed by atoms with van der Waals surface area (Å²) in [4.78, 5) is 30.3. The van der Waals surface area contributed by atoms with Crippen LogP contribution in [0.4, 0.5) is 4.39 Å². The summed E-state index contributed by atoms with van der Waals surface area (Å²) in [6.07, 6.45) is 4.26. The summed E-state index contributed by atoms with van der Waals surface area (Å²) in [7, 11) is 0. The van der Waals surface area contributed by atoms with Crippen molar-refractivity contribution in [1.82, 2.24) is 14.7 Å². The highest BCUT2D eigenvalue weighted by atomic mass is 19.1. The first-order valence-corrected chi connectivity index (χ1v) is 10.4. The Morgan fingerprint density at radius 3 is 2.94 bits per heavy atom. The molecule has 1 aliphatic heterocycles. The Balaban J connectivity index is 1.77. The summed E-state index contributed by atoms with van der Waals surface area (Å²) in [5.74, 6) is -1.65. The first-order chi connectivity index (χ1) is 16.0. The van der Waals surface area contributed by atoms with Crippen molar-refractivity contribution in [3.05, 3.63) is 75.5 Å². The van der Waals surface area contributed by atoms with Crippen LogP contribution in [-0.2, 0) is 9.53 Å². The SMILES string of the molecule is Cc1cccn2c(=O)c(/C=C(\C#N)C(=O)NC[C@H]3CCCO3)c(Oc3ccccc3F)nc12. The molecule has 0 aliphatic carbocycles. The molecule has 33 heavy (non-hydrogen) atoms. The van der Waals surface area contributed by atoms with E-state index in [-0.39, 0.29) is 35.4 Å². The predicted molar refractivity (Wildman–Crippen MR) is 118 cm³/mol. The maximum Gasteiger partial charge on any atom is 0.269 e. The number of carbonyl (C=O) groups is 1. The van der Waals surface area contributed by atoms with E-state index in [1.165, 1.54) is 28.8 Å². The van der Waals surface area contributed by atoms with Crippen molar-refractivity contribution in [1.29, 1.82) is 5.26 Å². The summed E-state index contributed by atoms with van der Waals surface area (Å²) in [5, 5.41) is 12.2. The third-order valence-electron chi connectivity index (χ3n) is 5.26. The van der Waals surface area contributed by atoms with Gasteiger partial charge in [-0.05, 0) is 49.6 Å². The summed E-state index contributed by atoms with van der Waals surface area (Å²) in [6.45, 7) is 2.66. The van der Waals surface area contributed by atoms with E-state index in [9.17, 15) is 19.2 Å². The molecule has 8 nitrogen and oxygen atoms in total. The monoisotopic (exact) mass is 448 g/mol. The van der Waals surface area contributed by atoms with E-state index in [2.05, 4.69) is 10.3 Å². The van der Waals surface area contributed by atoms with Crippen LogP contribution in [0.2, 0.25) is 0 Å². The molecule has 1 amide bonds. The predicted octanol–water partition coefficient (Wildman–Crippen LogP) is 3.14. The minimum Gasteiger partial charge on any atom is -0.435 e. The van der Waals surface area contributed by atoms with Crippen molar-refractivity contribution in [2.75, 3.05) is 13.2 Å². The van der Waals surface area contributed by atoms with Gasteiger partial charge in [0.25, 0.3) is 11.5 Å². The molecular weight excluding hydrogens is 427 g/mol. The first-order valence-electron chi connectivity index (χ1n) is 10.4. The van der Waals surface area contributed by atoms with Gasteiger partial charge < -0.3 is 14.8 Å². The number of fused-ring (bicyclic) bond motifs is 1. The highest BCUT2D eigenvalue weighted by Crippen LogP contribution is 2.26. The van der Waals surface area contributed by atoms with Gasteiger partial charge >= 0.3 is 0 Å². The lowest BCUT2D eigenvalue weighted by atomic mass is 10.1. The van der Waals surface area contributed by atoms with Crippen LogP contribution in [0.15, 0.2) is 53.0 Å². The second kappa shape index (κ2) is 9.63. The van der Waals surface area contributed by atoms with Crippen LogP contribution in [0.5, 0.6) is 11.6 Å². The molecule has 4 rings (SSSR count). The maximum absolute atomic E-state index is 14.2. The lowest BCUT2D eigenvalue weighted by Gasteiger charge is -2.12. The molecule has 9 heteroatoms. The number of nitrogens with one attached hydrogen (secondary N) is 1. The maximum atomic E-state index is 14.2. The average molecular weight is 448 g/mol. The molecule has 0 saturated carbocycles. The molecule has 0 radical (unpaired) electrons. The third-order valence-corrected chi connectivity index (χ3v) is 5.26. The molecule has 2 aromatic heterocycles. The summed E-state index contributed by atoms with van der Waals surface area (Å²) >= 11 is 0. The van der Waals surface area contributed by atoms with Gasteiger partial charge in [0, 0.05) is 19.3 Å². The number of hydrogen-bond donors (Lipinski definition) is 1. The zero-order valence-corrected chi connectivity index (χ0v) is 17.9. The molecule has 1 fully saturated rings. The summed E-state index contributed by atoms with van der Waals surface area (Å²) < 4.78 is 26.6. The van der Waals surface area contributed by atoms with Crippen LogP contribution >= 0.6 is 0 Å². The van der Waals surface area contributed by atoms with Crippen molar-refractivity contribution in [3.63, 3.8) is 0 Å². The van der Waals surface area contributed by atoms with E-state index in [1.807, 2.05) is 6.07 Å². The summed E-state index contributed by atoms with van der Waals surface area (Å²) in [6, 6.07) is 10.9. The van der Waals surface area contributed by atoms with Crippen LogP contribution in [0, 0.1) is 24.1 Å². The number of aromatic nitrogens is 2. The molecule has 3 aromatic rings. The molecule has 0 spiro atoms. The number of hydrogen-bond acceptors (Lipinski definition) is 6. The van der Waals surface area contributed by atoms with Gasteiger partial charge in [-0.3, -0.25) is 14.0 Å². The number of pyridine rings is 1. The van der Waals surface area contributed by atoms with Gasteiger partial charge in [0.15, 0.2) is 11.6 Å². The highest BCUT2D eigenvalue weighted by molar-refractivity contribution is 6.01. The van der Waals surface area contributed by atoms with Crippen molar-refractivity contribution in [2.45, 2.75) is 25.9 Å². The second-order valence-corrected chi connectivity index (χ2v) is 7.57. The van der Waals surface area contributed by atoms with E-state index < -0.39 is 17.3 Å². The summed E-state index contributed by atoms with van der Waals surface area (Å²) in [5.41, 5.74) is -0.0107. The van der Waals surface area contributed by atoms with Crippen LogP contribution < -0.4 is 15.6 Å². The Kier molecular flexibility index (Phi) is 6.47. The largest absolute Gasteiger partial charge is 0.435 e. The lowest BCUT2D eigenvalue weighted by molar-refractivity contribution is -0.117. The fourth-order valence-electron chi connectivity index (χ4n) is 3.53. The van der Waals surface area contributed by atoms with Gasteiger partial charge in [-0.2, -0.15) is 10.2 Å². The Morgan fingerprint density at radius 1 is 1.39 bits per heavy atom. The molecule has 1 saturated heterocycles. The minimum absolute atomic E-state index is 0.107. The Morgan fingerprint density at radius 2 is 2.21 bits per heavy atom. The average Bonchev–Trinajstić information content (AvgIpc) is 3.33. The minimum atomic E-state index is -0.654. The molecule has 1 aromatic carbocycles. The molecular formula is C24H21FN4O4. The lowest BCUT2D eigenvalue weighted by Crippen LogP contribution is -2.32. The molecule has 1 atom stereocenters. The molecule has 1 N–H and O–H groups in total. The third kappa shape index (κ3) is 4.76. The second-order valence-electron chi connectivity index (χ2n) is 7.57. The Hall–Kier alpha value is -4.03. The number of benzene rings is 1. The van der Waals surface area contributed by atoms with E-state index >= 15 is 0 Å². The van der Waals surface area contributed by atoms with Gasteiger partial charge in [-0.1, -0.05) is 18.2 Å². The van der Waals surface area contributed by atoms with Crippen molar-refractivity contribution in [2.24, 2.45) is 0 Å². The van der Waals surface area contributed by atoms with Crippen LogP contribution in [0.25, 0.3) is 11.7 Å². The Bertz CT molecular complexity index is 1340. The number of para-hydroxylation sites is 1. The van der Waals surface area contributed by atoms with Gasteiger partial charge in [0.05, 0.1) is 6.10 Å². The van der Waals surface area contributed by atoms with Crippen LogP contribution in [-0.4, -0.2) is 34.5 Å². The number of carbonyl (C=O) groups excluding carboxylic acids is 1. The Labute approximate surface area is 188 Å². The molecule has 0 bridgehead atoms. The molecule has 1 aliphatic rings. The van der Waals surface area contributed by atoms with Crippen LogP contribution in [0.1, 0.15) is 24.0 Å². The van der Waals surface area contributed by atoms with E-state index in [1.54, 1.807) is 25.1 Å². The number of aryl methyl sites for hydroxylation is 1. The van der Waals surface area contributed by atoms with Gasteiger partial charge in [-0.15, -0.1) is 0 Å². The number of ether oxygens (including phenoxy) is 2. The van der Waals surface area contributed by atoms with E-state index in [4.69, 9.17) is 9.47 Å². The molecule has 0 unspecified atom stereocenters. The molecule has 168 valence electrons. The number of rotatable bonds is 6. The fourth-order valence-corrected chi connectivity index (χ4v) is 3.53. The van der Waals surface area contributed by atoms with Gasteiger partial charge in [-0.25, -0.2) is 4.39 Å². The van der Waals surface area contributed by atoms with Gasteiger partial charge in [0.2, 0.25) is 5.88 Å². The van der Waals surface area contributed by atoms with Crippen molar-refractivity contribution >= 4 is 17.6 Å². The topological polar surface area (TPSA) is 106 Å². The number of nitriles is 1. The zero-order chi connectivity index (χ0) is 23.4. The van der Waals surface area contributed by atoms with E-state index in [0.717, 1.165) is 18.9 Å². The van der Waals surface area contributed by atoms with Crippen LogP contribution in [0.3, 0.4) is 0 Å². The number of halogens is 1. The standard InChI is InChI=1S/C24H21FN4O4/c1-15-6-4-10-29-21(15)28-23(33-20-9-3-2-8-19(20)25)18(24(29)31)12-16(13-26)22(30)27-14-17-7-5-11-32-17/h2-4,6,8-10,12,17H,5,7,11,14H2,1H3,(H,27,30)/b16-12+/t17-/m1/s1. The number of amides is 1. The smallest absolute Gasteiger partial charge is 0.269 e. The van der Waals surface area contributed by atoms with E-state index in [0.29, 0.717) is 17.8 Å². The first kappa shape index (κ1) is 22.2. The fraction of sp³-hybridized carbons (Fsp3) is 0.250.